The third-order valence-corrected chi connectivity index (χ3v) is 3.17. The van der Waals surface area contributed by atoms with E-state index >= 15 is 0 Å². The Balaban J connectivity index is 1.83. The van der Waals surface area contributed by atoms with Crippen LogP contribution in [0.25, 0.3) is 22.6 Å². The van der Waals surface area contributed by atoms with Crippen LogP contribution in [0.1, 0.15) is 17.9 Å². The number of nitrogens with zero attached hydrogens (tertiary/aromatic N) is 2. The molecule has 5 nitrogen and oxygen atoms in total. The summed E-state index contributed by atoms with van der Waals surface area (Å²) in [6.07, 6.45) is 1.74. The molecule has 0 amide bonds. The molecular formula is C15H17N3O2. The summed E-state index contributed by atoms with van der Waals surface area (Å²) >= 11 is 0. The van der Waals surface area contributed by atoms with E-state index < -0.39 is 0 Å². The molecule has 0 atom stereocenters. The Kier molecular flexibility index (Phi) is 3.52. The molecule has 0 saturated carbocycles. The monoisotopic (exact) mass is 271 g/mol. The predicted octanol–water partition coefficient (Wildman–Crippen LogP) is 2.94. The Labute approximate surface area is 117 Å². The highest BCUT2D eigenvalue weighted by atomic mass is 16.4. The maximum absolute atomic E-state index is 5.74. The summed E-state index contributed by atoms with van der Waals surface area (Å²) in [7, 11) is 1.93. The fourth-order valence-corrected chi connectivity index (χ4v) is 2.14. The number of aryl methyl sites for hydroxylation is 2. The summed E-state index contributed by atoms with van der Waals surface area (Å²) in [4.78, 5) is 0. The number of nitrogens with one attached hydrogen (secondary N) is 1. The van der Waals surface area contributed by atoms with Gasteiger partial charge >= 0.3 is 0 Å². The Hall–Kier alpha value is -2.14. The van der Waals surface area contributed by atoms with Crippen molar-refractivity contribution in [2.24, 2.45) is 0 Å². The molecular weight excluding hydrogens is 254 g/mol. The van der Waals surface area contributed by atoms with Crippen LogP contribution in [0.3, 0.4) is 0 Å². The second-order valence-electron chi connectivity index (χ2n) is 4.86. The zero-order valence-corrected chi connectivity index (χ0v) is 11.6. The van der Waals surface area contributed by atoms with Gasteiger partial charge in [-0.3, -0.25) is 0 Å². The van der Waals surface area contributed by atoms with Crippen LogP contribution < -0.4 is 5.32 Å². The van der Waals surface area contributed by atoms with Crippen LogP contribution in [0.15, 0.2) is 33.1 Å². The van der Waals surface area contributed by atoms with E-state index in [4.69, 9.17) is 8.83 Å². The topological polar surface area (TPSA) is 64.1 Å². The zero-order chi connectivity index (χ0) is 13.9. The van der Waals surface area contributed by atoms with Crippen LogP contribution in [0, 0.1) is 6.92 Å². The van der Waals surface area contributed by atoms with Gasteiger partial charge < -0.3 is 14.2 Å². The van der Waals surface area contributed by atoms with Gasteiger partial charge in [0.05, 0.1) is 0 Å². The van der Waals surface area contributed by atoms with Gasteiger partial charge in [0.25, 0.3) is 5.89 Å². The highest BCUT2D eigenvalue weighted by Crippen LogP contribution is 2.27. The van der Waals surface area contributed by atoms with Gasteiger partial charge in [-0.25, -0.2) is 0 Å². The van der Waals surface area contributed by atoms with Crippen molar-refractivity contribution in [2.45, 2.75) is 19.8 Å². The van der Waals surface area contributed by atoms with Crippen LogP contribution in [0.2, 0.25) is 0 Å². The molecule has 1 N–H and O–H groups in total. The van der Waals surface area contributed by atoms with Crippen molar-refractivity contribution >= 4 is 11.0 Å². The summed E-state index contributed by atoms with van der Waals surface area (Å²) in [5.41, 5.74) is 2.03. The standard InChI is InChI=1S/C15H17N3O2/c1-10-5-6-12-11(8-10)9-13(19-12)15-18-17-14(20-15)4-3-7-16-2/h5-6,8-9,16H,3-4,7H2,1-2H3. The third kappa shape index (κ3) is 2.58. The Morgan fingerprint density at radius 1 is 1.15 bits per heavy atom. The second-order valence-corrected chi connectivity index (χ2v) is 4.86. The van der Waals surface area contributed by atoms with E-state index in [1.165, 1.54) is 5.56 Å². The lowest BCUT2D eigenvalue weighted by Gasteiger charge is -1.94. The van der Waals surface area contributed by atoms with E-state index in [0.717, 1.165) is 30.4 Å². The molecule has 0 fully saturated rings. The average Bonchev–Trinajstić information content (AvgIpc) is 3.04. The van der Waals surface area contributed by atoms with Gasteiger partial charge in [-0.05, 0) is 45.1 Å². The highest BCUT2D eigenvalue weighted by molar-refractivity contribution is 5.82. The number of rotatable bonds is 5. The Bertz CT molecular complexity index is 715. The molecule has 1 aromatic carbocycles. The van der Waals surface area contributed by atoms with Gasteiger partial charge in [0.15, 0.2) is 5.76 Å². The summed E-state index contributed by atoms with van der Waals surface area (Å²) < 4.78 is 11.4. The van der Waals surface area contributed by atoms with Gasteiger partial charge in [-0.2, -0.15) is 0 Å². The first kappa shape index (κ1) is 12.9. The first-order chi connectivity index (χ1) is 9.76. The van der Waals surface area contributed by atoms with E-state index in [1.54, 1.807) is 0 Å². The molecule has 0 radical (unpaired) electrons. The normalized spacial score (nSPS) is 11.3. The summed E-state index contributed by atoms with van der Waals surface area (Å²) in [5, 5.41) is 12.2. The van der Waals surface area contributed by atoms with Gasteiger partial charge in [0.2, 0.25) is 5.89 Å². The number of aromatic nitrogens is 2. The molecule has 20 heavy (non-hydrogen) atoms. The van der Waals surface area contributed by atoms with Crippen molar-refractivity contribution in [1.82, 2.24) is 15.5 Å². The fraction of sp³-hybridized carbons (Fsp3) is 0.333. The van der Waals surface area contributed by atoms with E-state index in [2.05, 4.69) is 28.5 Å². The maximum atomic E-state index is 5.74. The molecule has 2 heterocycles. The lowest BCUT2D eigenvalue weighted by Crippen LogP contribution is -2.08. The number of hydrogen-bond acceptors (Lipinski definition) is 5. The maximum Gasteiger partial charge on any atom is 0.283 e. The van der Waals surface area contributed by atoms with Crippen molar-refractivity contribution in [3.63, 3.8) is 0 Å². The second kappa shape index (κ2) is 5.46. The highest BCUT2D eigenvalue weighted by Gasteiger charge is 2.13. The molecule has 0 aliphatic rings. The molecule has 0 aliphatic heterocycles. The first-order valence-electron chi connectivity index (χ1n) is 6.74. The lowest BCUT2D eigenvalue weighted by atomic mass is 10.2. The molecule has 3 aromatic rings. The van der Waals surface area contributed by atoms with E-state index in [0.29, 0.717) is 17.5 Å². The van der Waals surface area contributed by atoms with Crippen LogP contribution in [-0.4, -0.2) is 23.8 Å². The van der Waals surface area contributed by atoms with Crippen molar-refractivity contribution in [1.29, 1.82) is 0 Å². The summed E-state index contributed by atoms with van der Waals surface area (Å²) in [6.45, 7) is 2.99. The summed E-state index contributed by atoms with van der Waals surface area (Å²) in [5.74, 6) is 1.71. The van der Waals surface area contributed by atoms with Crippen molar-refractivity contribution in [2.75, 3.05) is 13.6 Å². The molecule has 2 aromatic heterocycles. The number of fused-ring (bicyclic) bond motifs is 1. The van der Waals surface area contributed by atoms with Crippen molar-refractivity contribution in [3.05, 3.63) is 35.7 Å². The van der Waals surface area contributed by atoms with Gasteiger partial charge in [-0.15, -0.1) is 10.2 Å². The van der Waals surface area contributed by atoms with Crippen LogP contribution in [-0.2, 0) is 6.42 Å². The zero-order valence-electron chi connectivity index (χ0n) is 11.6. The number of hydrogen-bond donors (Lipinski definition) is 1. The smallest absolute Gasteiger partial charge is 0.283 e. The van der Waals surface area contributed by atoms with E-state index in [1.807, 2.05) is 25.2 Å². The van der Waals surface area contributed by atoms with Gasteiger partial charge in [0, 0.05) is 11.8 Å². The minimum Gasteiger partial charge on any atom is -0.451 e. The molecule has 104 valence electrons. The molecule has 0 bridgehead atoms. The minimum atomic E-state index is 0.443. The Morgan fingerprint density at radius 2 is 2.05 bits per heavy atom. The van der Waals surface area contributed by atoms with Gasteiger partial charge in [-0.1, -0.05) is 11.6 Å². The fourth-order valence-electron chi connectivity index (χ4n) is 2.14. The SMILES string of the molecule is CNCCCc1nnc(-c2cc3cc(C)ccc3o2)o1. The molecule has 0 spiro atoms. The minimum absolute atomic E-state index is 0.443. The van der Waals surface area contributed by atoms with Crippen LogP contribution in [0.5, 0.6) is 0 Å². The number of benzene rings is 1. The number of furan rings is 1. The predicted molar refractivity (Wildman–Crippen MR) is 76.5 cm³/mol. The van der Waals surface area contributed by atoms with Crippen LogP contribution in [0.4, 0.5) is 0 Å². The van der Waals surface area contributed by atoms with Crippen molar-refractivity contribution in [3.8, 4) is 11.7 Å². The first-order valence-corrected chi connectivity index (χ1v) is 6.74. The Morgan fingerprint density at radius 3 is 2.90 bits per heavy atom. The summed E-state index contributed by atoms with van der Waals surface area (Å²) in [6, 6.07) is 7.99. The molecule has 3 rings (SSSR count). The van der Waals surface area contributed by atoms with E-state index in [-0.39, 0.29) is 0 Å². The van der Waals surface area contributed by atoms with Crippen molar-refractivity contribution < 1.29 is 8.83 Å². The average molecular weight is 271 g/mol. The third-order valence-electron chi connectivity index (χ3n) is 3.17. The largest absolute Gasteiger partial charge is 0.451 e. The molecule has 0 saturated heterocycles. The van der Waals surface area contributed by atoms with E-state index in [9.17, 15) is 0 Å². The molecule has 0 unspecified atom stereocenters. The molecule has 5 heteroatoms. The van der Waals surface area contributed by atoms with Crippen LogP contribution >= 0.6 is 0 Å². The van der Waals surface area contributed by atoms with Gasteiger partial charge in [0.1, 0.15) is 5.58 Å². The molecule has 0 aliphatic carbocycles. The quantitative estimate of drug-likeness (QED) is 0.723. The lowest BCUT2D eigenvalue weighted by molar-refractivity contribution is 0.479.